The molecule has 1 aliphatic carbocycles. The number of carbonyl (C=O) groups is 1. The molecular weight excluding hydrogens is 304 g/mol. The maximum Gasteiger partial charge on any atom is 0.193 e. The lowest BCUT2D eigenvalue weighted by Crippen LogP contribution is -2.20. The van der Waals surface area contributed by atoms with Gasteiger partial charge < -0.3 is 0 Å². The van der Waals surface area contributed by atoms with E-state index in [4.69, 9.17) is 0 Å². The quantitative estimate of drug-likeness (QED) is 0.395. The topological polar surface area (TPSA) is 17.1 Å². The van der Waals surface area contributed by atoms with Crippen LogP contribution in [0.2, 0.25) is 0 Å². The normalized spacial score (nSPS) is 13.5. The van der Waals surface area contributed by atoms with Crippen LogP contribution < -0.4 is 0 Å². The molecule has 0 unspecified atom stereocenters. The van der Waals surface area contributed by atoms with Crippen molar-refractivity contribution in [2.24, 2.45) is 0 Å². The van der Waals surface area contributed by atoms with E-state index >= 15 is 0 Å². The van der Waals surface area contributed by atoms with Crippen LogP contribution in [0.25, 0.3) is 10.8 Å². The van der Waals surface area contributed by atoms with E-state index in [0.717, 1.165) is 22.3 Å². The summed E-state index contributed by atoms with van der Waals surface area (Å²) in [7, 11) is 0. The maximum absolute atomic E-state index is 12.9. The van der Waals surface area contributed by atoms with Crippen LogP contribution in [-0.4, -0.2) is 5.78 Å². The molecule has 0 fully saturated rings. The number of ketones is 1. The first-order chi connectivity index (χ1) is 12.3. The first-order valence-electron chi connectivity index (χ1n) is 8.54. The lowest BCUT2D eigenvalue weighted by Gasteiger charge is -2.28. The van der Waals surface area contributed by atoms with Gasteiger partial charge in [-0.3, -0.25) is 4.79 Å². The maximum atomic E-state index is 12.9. The molecule has 1 heteroatoms. The highest BCUT2D eigenvalue weighted by Crippen LogP contribution is 2.41. The summed E-state index contributed by atoms with van der Waals surface area (Å²) in [5.74, 6) is 0.220. The van der Waals surface area contributed by atoms with Crippen LogP contribution in [0.4, 0.5) is 0 Å². The largest absolute Gasteiger partial charge is 0.289 e. The molecule has 4 aromatic carbocycles. The van der Waals surface area contributed by atoms with Crippen molar-refractivity contribution in [2.75, 3.05) is 0 Å². The summed E-state index contributed by atoms with van der Waals surface area (Å²) in [6, 6.07) is 31.0. The lowest BCUT2D eigenvalue weighted by molar-refractivity contribution is 0.103. The minimum Gasteiger partial charge on any atom is -0.289 e. The SMILES string of the molecule is O=C1c2ccccc2C(c2ccc3ccccc3c2)c2ccccc21. The second-order valence-electron chi connectivity index (χ2n) is 6.54. The van der Waals surface area contributed by atoms with E-state index in [1.54, 1.807) is 0 Å². The van der Waals surface area contributed by atoms with Gasteiger partial charge in [0, 0.05) is 17.0 Å². The zero-order valence-corrected chi connectivity index (χ0v) is 13.6. The summed E-state index contributed by atoms with van der Waals surface area (Å²) in [6.45, 7) is 0. The summed E-state index contributed by atoms with van der Waals surface area (Å²) in [6.07, 6.45) is 0. The van der Waals surface area contributed by atoms with Gasteiger partial charge in [0.25, 0.3) is 0 Å². The van der Waals surface area contributed by atoms with E-state index in [1.807, 2.05) is 36.4 Å². The smallest absolute Gasteiger partial charge is 0.193 e. The number of carbonyl (C=O) groups excluding carboxylic acids is 1. The van der Waals surface area contributed by atoms with Gasteiger partial charge in [0.05, 0.1) is 0 Å². The van der Waals surface area contributed by atoms with Gasteiger partial charge in [0.2, 0.25) is 0 Å². The first kappa shape index (κ1) is 14.2. The van der Waals surface area contributed by atoms with Crippen molar-refractivity contribution >= 4 is 16.6 Å². The van der Waals surface area contributed by atoms with E-state index in [9.17, 15) is 4.79 Å². The Balaban J connectivity index is 1.80. The zero-order valence-electron chi connectivity index (χ0n) is 13.6. The van der Waals surface area contributed by atoms with Crippen LogP contribution in [-0.2, 0) is 0 Å². The van der Waals surface area contributed by atoms with E-state index in [2.05, 4.69) is 54.6 Å². The summed E-state index contributed by atoms with van der Waals surface area (Å²) in [4.78, 5) is 12.9. The molecule has 0 spiro atoms. The summed E-state index contributed by atoms with van der Waals surface area (Å²) < 4.78 is 0. The standard InChI is InChI=1S/C24H16O/c25-24-21-11-5-3-9-19(21)23(20-10-4-6-12-22(20)24)18-14-13-16-7-1-2-8-17(16)15-18/h1-15,23H. The zero-order chi connectivity index (χ0) is 16.8. The number of hydrogen-bond acceptors (Lipinski definition) is 1. The Kier molecular flexibility index (Phi) is 3.07. The predicted octanol–water partition coefficient (Wildman–Crippen LogP) is 5.56. The molecule has 5 rings (SSSR count). The fraction of sp³-hybridized carbons (Fsp3) is 0.0417. The van der Waals surface area contributed by atoms with Gasteiger partial charge in [0.15, 0.2) is 5.78 Å². The van der Waals surface area contributed by atoms with Crippen molar-refractivity contribution in [1.29, 1.82) is 0 Å². The Morgan fingerprint density at radius 1 is 0.560 bits per heavy atom. The van der Waals surface area contributed by atoms with Crippen LogP contribution in [0, 0.1) is 0 Å². The van der Waals surface area contributed by atoms with Gasteiger partial charge in [-0.15, -0.1) is 0 Å². The lowest BCUT2D eigenvalue weighted by atomic mass is 9.74. The minimum atomic E-state index is 0.0923. The van der Waals surface area contributed by atoms with Crippen LogP contribution in [0.3, 0.4) is 0 Å². The van der Waals surface area contributed by atoms with Crippen molar-refractivity contribution in [2.45, 2.75) is 5.92 Å². The molecule has 4 aromatic rings. The number of rotatable bonds is 1. The molecular formula is C24H16O. The average Bonchev–Trinajstić information content (AvgIpc) is 2.68. The van der Waals surface area contributed by atoms with Gasteiger partial charge in [-0.05, 0) is 27.5 Å². The molecule has 0 atom stereocenters. The van der Waals surface area contributed by atoms with E-state index in [1.165, 1.54) is 16.3 Å². The third kappa shape index (κ3) is 2.13. The second-order valence-corrected chi connectivity index (χ2v) is 6.54. The van der Waals surface area contributed by atoms with Gasteiger partial charge in [-0.2, -0.15) is 0 Å². The Bertz CT molecular complexity index is 1070. The molecule has 118 valence electrons. The predicted molar refractivity (Wildman–Crippen MR) is 101 cm³/mol. The van der Waals surface area contributed by atoms with Crippen LogP contribution in [0.15, 0.2) is 91.0 Å². The van der Waals surface area contributed by atoms with Crippen molar-refractivity contribution < 1.29 is 4.79 Å². The van der Waals surface area contributed by atoms with Crippen LogP contribution in [0.1, 0.15) is 38.5 Å². The molecule has 0 amide bonds. The van der Waals surface area contributed by atoms with Gasteiger partial charge in [-0.1, -0.05) is 91.0 Å². The molecule has 0 radical (unpaired) electrons. The van der Waals surface area contributed by atoms with Crippen molar-refractivity contribution in [1.82, 2.24) is 0 Å². The van der Waals surface area contributed by atoms with Gasteiger partial charge >= 0.3 is 0 Å². The van der Waals surface area contributed by atoms with Crippen molar-refractivity contribution in [3.63, 3.8) is 0 Å². The van der Waals surface area contributed by atoms with Crippen molar-refractivity contribution in [3.8, 4) is 0 Å². The molecule has 0 saturated heterocycles. The van der Waals surface area contributed by atoms with Gasteiger partial charge in [0.1, 0.15) is 0 Å². The third-order valence-corrected chi connectivity index (χ3v) is 5.14. The first-order valence-corrected chi connectivity index (χ1v) is 8.54. The molecule has 0 bridgehead atoms. The van der Waals surface area contributed by atoms with E-state index in [-0.39, 0.29) is 11.7 Å². The molecule has 0 aromatic heterocycles. The molecule has 1 nitrogen and oxygen atoms in total. The summed E-state index contributed by atoms with van der Waals surface area (Å²) in [5.41, 5.74) is 5.06. The highest BCUT2D eigenvalue weighted by Gasteiger charge is 2.31. The molecule has 1 aliphatic rings. The third-order valence-electron chi connectivity index (χ3n) is 5.14. The fourth-order valence-corrected chi connectivity index (χ4v) is 3.97. The van der Waals surface area contributed by atoms with E-state index in [0.29, 0.717) is 0 Å². The molecule has 0 N–H and O–H groups in total. The second kappa shape index (κ2) is 5.42. The van der Waals surface area contributed by atoms with E-state index < -0.39 is 0 Å². The Hall–Kier alpha value is -3.19. The summed E-state index contributed by atoms with van der Waals surface area (Å²) in [5, 5.41) is 2.46. The molecule has 25 heavy (non-hydrogen) atoms. The van der Waals surface area contributed by atoms with Crippen LogP contribution >= 0.6 is 0 Å². The Morgan fingerprint density at radius 2 is 1.12 bits per heavy atom. The molecule has 0 saturated carbocycles. The fourth-order valence-electron chi connectivity index (χ4n) is 3.97. The number of fused-ring (bicyclic) bond motifs is 3. The minimum absolute atomic E-state index is 0.0923. The Labute approximate surface area is 146 Å². The van der Waals surface area contributed by atoms with Crippen molar-refractivity contribution in [3.05, 3.63) is 119 Å². The van der Waals surface area contributed by atoms with Crippen LogP contribution in [0.5, 0.6) is 0 Å². The monoisotopic (exact) mass is 320 g/mol. The molecule has 0 aliphatic heterocycles. The Morgan fingerprint density at radius 3 is 1.80 bits per heavy atom. The highest BCUT2D eigenvalue weighted by atomic mass is 16.1. The number of hydrogen-bond donors (Lipinski definition) is 0. The van der Waals surface area contributed by atoms with Gasteiger partial charge in [-0.25, -0.2) is 0 Å². The summed E-state index contributed by atoms with van der Waals surface area (Å²) >= 11 is 0. The average molecular weight is 320 g/mol. The molecule has 0 heterocycles. The number of benzene rings is 4. The highest BCUT2D eigenvalue weighted by molar-refractivity contribution is 6.13.